The Kier molecular flexibility index (Phi) is 7.29. The van der Waals surface area contributed by atoms with Crippen LogP contribution in [0.3, 0.4) is 0 Å². The highest BCUT2D eigenvalue weighted by molar-refractivity contribution is 5.03. The molecule has 104 valence electrons. The molecule has 0 saturated carbocycles. The van der Waals surface area contributed by atoms with E-state index in [2.05, 4.69) is 49.6 Å². The van der Waals surface area contributed by atoms with Gasteiger partial charge in [-0.2, -0.15) is 0 Å². The molecule has 0 atom stereocenters. The van der Waals surface area contributed by atoms with Crippen molar-refractivity contribution in [3.8, 4) is 0 Å². The van der Waals surface area contributed by atoms with Gasteiger partial charge in [-0.3, -0.25) is 4.90 Å². The Labute approximate surface area is 113 Å². The van der Waals surface area contributed by atoms with Crippen LogP contribution >= 0.6 is 0 Å². The zero-order chi connectivity index (χ0) is 13.4. The van der Waals surface area contributed by atoms with Gasteiger partial charge in [0.05, 0.1) is 0 Å². The number of nitrogens with zero attached hydrogens (tertiary/aromatic N) is 2. The SMILES string of the molecule is CCN1CCN(CC=C(C)CCC=C(C)C)CC1. The maximum atomic E-state index is 2.57. The predicted molar refractivity (Wildman–Crippen MR) is 81.0 cm³/mol. The Morgan fingerprint density at radius 1 is 0.944 bits per heavy atom. The quantitative estimate of drug-likeness (QED) is 0.667. The van der Waals surface area contributed by atoms with Crippen LogP contribution in [0.1, 0.15) is 40.5 Å². The molecule has 0 aromatic rings. The van der Waals surface area contributed by atoms with Gasteiger partial charge in [0, 0.05) is 32.7 Å². The minimum Gasteiger partial charge on any atom is -0.301 e. The van der Waals surface area contributed by atoms with E-state index >= 15 is 0 Å². The zero-order valence-corrected chi connectivity index (χ0v) is 12.7. The van der Waals surface area contributed by atoms with Crippen molar-refractivity contribution >= 4 is 0 Å². The fraction of sp³-hybridized carbons (Fsp3) is 0.750. The van der Waals surface area contributed by atoms with E-state index in [1.54, 1.807) is 0 Å². The van der Waals surface area contributed by atoms with Crippen molar-refractivity contribution in [2.45, 2.75) is 40.5 Å². The van der Waals surface area contributed by atoms with Crippen LogP contribution in [0.5, 0.6) is 0 Å². The summed E-state index contributed by atoms with van der Waals surface area (Å²) in [6.07, 6.45) is 7.15. The van der Waals surface area contributed by atoms with Gasteiger partial charge >= 0.3 is 0 Å². The lowest BCUT2D eigenvalue weighted by atomic mass is 10.1. The summed E-state index contributed by atoms with van der Waals surface area (Å²) in [5.41, 5.74) is 2.96. The second-order valence-corrected chi connectivity index (χ2v) is 5.61. The average Bonchev–Trinajstić information content (AvgIpc) is 2.36. The lowest BCUT2D eigenvalue weighted by Gasteiger charge is -2.33. The van der Waals surface area contributed by atoms with Crippen molar-refractivity contribution in [1.29, 1.82) is 0 Å². The van der Waals surface area contributed by atoms with E-state index < -0.39 is 0 Å². The molecule has 0 aromatic carbocycles. The summed E-state index contributed by atoms with van der Waals surface area (Å²) < 4.78 is 0. The number of likely N-dealkylation sites (N-methyl/N-ethyl adjacent to an activating group) is 1. The number of allylic oxidation sites excluding steroid dienone is 3. The molecule has 0 amide bonds. The van der Waals surface area contributed by atoms with Crippen molar-refractivity contribution in [1.82, 2.24) is 9.80 Å². The summed E-state index contributed by atoms with van der Waals surface area (Å²) in [4.78, 5) is 5.10. The molecule has 0 unspecified atom stereocenters. The van der Waals surface area contributed by atoms with Crippen molar-refractivity contribution in [2.75, 3.05) is 39.3 Å². The van der Waals surface area contributed by atoms with Gasteiger partial charge in [0.25, 0.3) is 0 Å². The van der Waals surface area contributed by atoms with Crippen LogP contribution in [-0.4, -0.2) is 49.1 Å². The molecule has 0 radical (unpaired) electrons. The first-order chi connectivity index (χ1) is 8.61. The van der Waals surface area contributed by atoms with E-state index in [1.807, 2.05) is 0 Å². The Balaban J connectivity index is 2.21. The Morgan fingerprint density at radius 2 is 1.56 bits per heavy atom. The lowest BCUT2D eigenvalue weighted by Crippen LogP contribution is -2.46. The maximum absolute atomic E-state index is 2.57. The van der Waals surface area contributed by atoms with Crippen LogP contribution in [0.25, 0.3) is 0 Å². The Bertz CT molecular complexity index is 279. The Hall–Kier alpha value is -0.600. The van der Waals surface area contributed by atoms with Crippen molar-refractivity contribution in [3.05, 3.63) is 23.3 Å². The maximum Gasteiger partial charge on any atom is 0.0166 e. The van der Waals surface area contributed by atoms with E-state index in [0.29, 0.717) is 0 Å². The van der Waals surface area contributed by atoms with Crippen molar-refractivity contribution in [2.24, 2.45) is 0 Å². The van der Waals surface area contributed by atoms with E-state index in [4.69, 9.17) is 0 Å². The molecular weight excluding hydrogens is 220 g/mol. The third kappa shape index (κ3) is 6.36. The highest BCUT2D eigenvalue weighted by atomic mass is 15.2. The second-order valence-electron chi connectivity index (χ2n) is 5.61. The minimum atomic E-state index is 1.14. The molecule has 1 aliphatic heterocycles. The molecule has 2 nitrogen and oxygen atoms in total. The van der Waals surface area contributed by atoms with Gasteiger partial charge in [-0.05, 0) is 40.2 Å². The summed E-state index contributed by atoms with van der Waals surface area (Å²) in [6, 6.07) is 0. The molecule has 18 heavy (non-hydrogen) atoms. The highest BCUT2D eigenvalue weighted by Gasteiger charge is 2.13. The number of rotatable bonds is 6. The molecule has 2 heteroatoms. The molecule has 0 spiro atoms. The van der Waals surface area contributed by atoms with E-state index in [9.17, 15) is 0 Å². The van der Waals surface area contributed by atoms with Gasteiger partial charge in [-0.25, -0.2) is 0 Å². The molecule has 1 aliphatic rings. The molecule has 0 aromatic heterocycles. The first kappa shape index (κ1) is 15.5. The van der Waals surface area contributed by atoms with Gasteiger partial charge in [-0.15, -0.1) is 0 Å². The van der Waals surface area contributed by atoms with Crippen LogP contribution in [-0.2, 0) is 0 Å². The van der Waals surface area contributed by atoms with E-state index in [-0.39, 0.29) is 0 Å². The van der Waals surface area contributed by atoms with Crippen LogP contribution in [0, 0.1) is 0 Å². The molecule has 1 saturated heterocycles. The molecule has 0 aliphatic carbocycles. The third-order valence-corrected chi connectivity index (χ3v) is 3.70. The van der Waals surface area contributed by atoms with Gasteiger partial charge in [-0.1, -0.05) is 30.2 Å². The summed E-state index contributed by atoms with van der Waals surface area (Å²) in [6.45, 7) is 16.1. The van der Waals surface area contributed by atoms with Gasteiger partial charge in [0.1, 0.15) is 0 Å². The fourth-order valence-corrected chi connectivity index (χ4v) is 2.26. The number of hydrogen-bond acceptors (Lipinski definition) is 2. The standard InChI is InChI=1S/C16H30N2/c1-5-17-11-13-18(14-12-17)10-9-16(4)8-6-7-15(2)3/h7,9H,5-6,8,10-14H2,1-4H3. The molecule has 1 rings (SSSR count). The summed E-state index contributed by atoms with van der Waals surface area (Å²) in [5.74, 6) is 0. The second kappa shape index (κ2) is 8.49. The number of hydrogen-bond donors (Lipinski definition) is 0. The van der Waals surface area contributed by atoms with Crippen LogP contribution < -0.4 is 0 Å². The predicted octanol–water partition coefficient (Wildman–Crippen LogP) is 3.32. The van der Waals surface area contributed by atoms with Gasteiger partial charge < -0.3 is 4.90 Å². The summed E-state index contributed by atoms with van der Waals surface area (Å²) in [5, 5.41) is 0. The Morgan fingerprint density at radius 3 is 2.11 bits per heavy atom. The minimum absolute atomic E-state index is 1.14. The van der Waals surface area contributed by atoms with Crippen LogP contribution in [0.15, 0.2) is 23.3 Å². The topological polar surface area (TPSA) is 6.48 Å². The van der Waals surface area contributed by atoms with Crippen molar-refractivity contribution < 1.29 is 0 Å². The first-order valence-corrected chi connectivity index (χ1v) is 7.35. The van der Waals surface area contributed by atoms with E-state index in [1.165, 1.54) is 56.7 Å². The normalized spacial score (nSPS) is 19.0. The molecule has 0 N–H and O–H groups in total. The summed E-state index contributed by atoms with van der Waals surface area (Å²) >= 11 is 0. The molecule has 0 bridgehead atoms. The molecule has 1 fully saturated rings. The monoisotopic (exact) mass is 250 g/mol. The first-order valence-electron chi connectivity index (χ1n) is 7.35. The van der Waals surface area contributed by atoms with Crippen LogP contribution in [0.4, 0.5) is 0 Å². The van der Waals surface area contributed by atoms with Gasteiger partial charge in [0.15, 0.2) is 0 Å². The smallest absolute Gasteiger partial charge is 0.0166 e. The lowest BCUT2D eigenvalue weighted by molar-refractivity contribution is 0.148. The average molecular weight is 250 g/mol. The third-order valence-electron chi connectivity index (χ3n) is 3.70. The van der Waals surface area contributed by atoms with E-state index in [0.717, 1.165) is 6.54 Å². The molecule has 1 heterocycles. The number of piperazine rings is 1. The van der Waals surface area contributed by atoms with Crippen molar-refractivity contribution in [3.63, 3.8) is 0 Å². The largest absolute Gasteiger partial charge is 0.301 e. The molecular formula is C16H30N2. The fourth-order valence-electron chi connectivity index (χ4n) is 2.26. The highest BCUT2D eigenvalue weighted by Crippen LogP contribution is 2.08. The summed E-state index contributed by atoms with van der Waals surface area (Å²) in [7, 11) is 0. The van der Waals surface area contributed by atoms with Crippen LogP contribution in [0.2, 0.25) is 0 Å². The van der Waals surface area contributed by atoms with Gasteiger partial charge in [0.2, 0.25) is 0 Å². The zero-order valence-electron chi connectivity index (χ0n) is 12.7.